The molecule has 0 aromatic heterocycles. The van der Waals surface area contributed by atoms with Gasteiger partial charge in [-0.1, -0.05) is 11.6 Å². The third-order valence-electron chi connectivity index (χ3n) is 1.19. The molecule has 1 aromatic rings. The highest BCUT2D eigenvalue weighted by atomic mass is 35.5. The monoisotopic (exact) mass is 221 g/mol. The number of rotatable bonds is 1. The van der Waals surface area contributed by atoms with E-state index in [4.69, 9.17) is 28.2 Å². The Morgan fingerprint density at radius 3 is 2.46 bits per heavy atom. The summed E-state index contributed by atoms with van der Waals surface area (Å²) in [6.45, 7) is 0. The first-order valence-corrected chi connectivity index (χ1v) is 3.55. The molecule has 0 spiro atoms. The number of aromatic hydroxyl groups is 1. The molecule has 0 amide bonds. The van der Waals surface area contributed by atoms with Gasteiger partial charge in [0.2, 0.25) is 0 Å². The average molecular weight is 222 g/mol. The van der Waals surface area contributed by atoms with E-state index in [1.54, 1.807) is 6.07 Å². The van der Waals surface area contributed by atoms with Crippen LogP contribution < -0.4 is 11.5 Å². The Labute approximate surface area is 86.6 Å². The molecular formula is C7H9Cl2N3O. The molecule has 4 nitrogen and oxygen atoms in total. The van der Waals surface area contributed by atoms with Crippen LogP contribution in [0.1, 0.15) is 0 Å². The standard InChI is InChI=1S/C7H8ClN3O.ClH/c8-5-3-4(11-7(9)10)1-2-6(5)12;/h1-3,12H,(H4,9,10,11);1H. The van der Waals surface area contributed by atoms with E-state index in [0.29, 0.717) is 5.69 Å². The van der Waals surface area contributed by atoms with E-state index in [1.165, 1.54) is 12.1 Å². The fourth-order valence-electron chi connectivity index (χ4n) is 0.714. The number of hydrogen-bond donors (Lipinski definition) is 3. The summed E-state index contributed by atoms with van der Waals surface area (Å²) in [4.78, 5) is 3.74. The van der Waals surface area contributed by atoms with Crippen LogP contribution in [0.5, 0.6) is 5.75 Å². The summed E-state index contributed by atoms with van der Waals surface area (Å²) in [5, 5.41) is 9.25. The lowest BCUT2D eigenvalue weighted by Gasteiger charge is -1.97. The van der Waals surface area contributed by atoms with Gasteiger partial charge >= 0.3 is 0 Å². The number of phenols is 1. The summed E-state index contributed by atoms with van der Waals surface area (Å²) in [5.74, 6) is -0.0389. The van der Waals surface area contributed by atoms with Gasteiger partial charge < -0.3 is 16.6 Å². The molecule has 0 radical (unpaired) electrons. The van der Waals surface area contributed by atoms with Gasteiger partial charge in [-0.05, 0) is 18.2 Å². The number of hydrogen-bond acceptors (Lipinski definition) is 2. The van der Waals surface area contributed by atoms with E-state index >= 15 is 0 Å². The van der Waals surface area contributed by atoms with Crippen molar-refractivity contribution < 1.29 is 5.11 Å². The van der Waals surface area contributed by atoms with Gasteiger partial charge in [0, 0.05) is 0 Å². The second-order valence-electron chi connectivity index (χ2n) is 2.17. The predicted octanol–water partition coefficient (Wildman–Crippen LogP) is 1.37. The lowest BCUT2D eigenvalue weighted by atomic mass is 10.3. The number of benzene rings is 1. The zero-order chi connectivity index (χ0) is 9.14. The highest BCUT2D eigenvalue weighted by Gasteiger charge is 1.98. The van der Waals surface area contributed by atoms with Gasteiger partial charge in [0.15, 0.2) is 5.96 Å². The number of halogens is 2. The van der Waals surface area contributed by atoms with Crippen LogP contribution >= 0.6 is 24.0 Å². The minimum Gasteiger partial charge on any atom is -0.506 e. The normalized spacial score (nSPS) is 8.69. The van der Waals surface area contributed by atoms with Crippen molar-refractivity contribution in [1.29, 1.82) is 0 Å². The van der Waals surface area contributed by atoms with Crippen molar-refractivity contribution in [3.63, 3.8) is 0 Å². The van der Waals surface area contributed by atoms with E-state index < -0.39 is 0 Å². The van der Waals surface area contributed by atoms with E-state index in [2.05, 4.69) is 4.99 Å². The van der Waals surface area contributed by atoms with E-state index in [1.807, 2.05) is 0 Å². The van der Waals surface area contributed by atoms with Crippen molar-refractivity contribution in [2.45, 2.75) is 0 Å². The van der Waals surface area contributed by atoms with Crippen LogP contribution in [0.3, 0.4) is 0 Å². The Balaban J connectivity index is 0.00000144. The third-order valence-corrected chi connectivity index (χ3v) is 1.49. The van der Waals surface area contributed by atoms with Crippen molar-refractivity contribution >= 4 is 35.7 Å². The molecule has 0 aliphatic heterocycles. The Kier molecular flexibility index (Phi) is 4.37. The molecular weight excluding hydrogens is 213 g/mol. The van der Waals surface area contributed by atoms with E-state index in [-0.39, 0.29) is 29.1 Å². The van der Waals surface area contributed by atoms with Crippen LogP contribution in [0.15, 0.2) is 23.2 Å². The molecule has 5 N–H and O–H groups in total. The minimum atomic E-state index is -0.0447. The molecule has 6 heteroatoms. The summed E-state index contributed by atoms with van der Waals surface area (Å²) in [6, 6.07) is 4.45. The molecule has 0 heterocycles. The molecule has 13 heavy (non-hydrogen) atoms. The molecule has 0 atom stereocenters. The summed E-state index contributed by atoms with van der Waals surface area (Å²) < 4.78 is 0. The van der Waals surface area contributed by atoms with Crippen LogP contribution in [0.2, 0.25) is 5.02 Å². The van der Waals surface area contributed by atoms with Crippen LogP contribution in [0, 0.1) is 0 Å². The third kappa shape index (κ3) is 3.40. The Hall–Kier alpha value is -1.13. The van der Waals surface area contributed by atoms with Crippen molar-refractivity contribution in [2.75, 3.05) is 0 Å². The highest BCUT2D eigenvalue weighted by Crippen LogP contribution is 2.27. The fraction of sp³-hybridized carbons (Fsp3) is 0. The minimum absolute atomic E-state index is 0. The van der Waals surface area contributed by atoms with Gasteiger partial charge in [0.25, 0.3) is 0 Å². The number of phenolic OH excluding ortho intramolecular Hbond substituents is 1. The molecule has 0 saturated heterocycles. The summed E-state index contributed by atoms with van der Waals surface area (Å²) in [7, 11) is 0. The maximum atomic E-state index is 9.03. The molecule has 1 rings (SSSR count). The van der Waals surface area contributed by atoms with Crippen molar-refractivity contribution in [1.82, 2.24) is 0 Å². The highest BCUT2D eigenvalue weighted by molar-refractivity contribution is 6.32. The van der Waals surface area contributed by atoms with Gasteiger partial charge in [0.1, 0.15) is 5.75 Å². The van der Waals surface area contributed by atoms with Crippen LogP contribution in [-0.4, -0.2) is 11.1 Å². The Morgan fingerprint density at radius 2 is 2.00 bits per heavy atom. The van der Waals surface area contributed by atoms with Crippen molar-refractivity contribution in [3.05, 3.63) is 23.2 Å². The van der Waals surface area contributed by atoms with Gasteiger partial charge in [-0.2, -0.15) is 0 Å². The lowest BCUT2D eigenvalue weighted by Crippen LogP contribution is -2.21. The first-order chi connectivity index (χ1) is 5.59. The largest absolute Gasteiger partial charge is 0.506 e. The van der Waals surface area contributed by atoms with Crippen LogP contribution in [0.4, 0.5) is 5.69 Å². The summed E-state index contributed by atoms with van der Waals surface area (Å²) in [5.41, 5.74) is 10.8. The van der Waals surface area contributed by atoms with Crippen LogP contribution in [-0.2, 0) is 0 Å². The van der Waals surface area contributed by atoms with Crippen molar-refractivity contribution in [3.8, 4) is 5.75 Å². The number of nitrogens with two attached hydrogens (primary N) is 2. The van der Waals surface area contributed by atoms with Gasteiger partial charge in [-0.25, -0.2) is 4.99 Å². The van der Waals surface area contributed by atoms with E-state index in [9.17, 15) is 0 Å². The smallest absolute Gasteiger partial charge is 0.191 e. The summed E-state index contributed by atoms with van der Waals surface area (Å²) in [6.07, 6.45) is 0. The maximum Gasteiger partial charge on any atom is 0.191 e. The molecule has 0 bridgehead atoms. The molecule has 0 saturated carbocycles. The first-order valence-electron chi connectivity index (χ1n) is 3.18. The number of guanidine groups is 1. The van der Waals surface area contributed by atoms with E-state index in [0.717, 1.165) is 0 Å². The number of nitrogens with zero attached hydrogens (tertiary/aromatic N) is 1. The Bertz CT molecular complexity index is 324. The predicted molar refractivity (Wildman–Crippen MR) is 55.8 cm³/mol. The second-order valence-corrected chi connectivity index (χ2v) is 2.58. The van der Waals surface area contributed by atoms with Gasteiger partial charge in [0.05, 0.1) is 10.7 Å². The van der Waals surface area contributed by atoms with Gasteiger partial charge in [-0.3, -0.25) is 0 Å². The SMILES string of the molecule is Cl.NC(N)=Nc1ccc(O)c(Cl)c1. The molecule has 0 fully saturated rings. The molecule has 72 valence electrons. The molecule has 0 aliphatic rings. The molecule has 1 aromatic carbocycles. The zero-order valence-electron chi connectivity index (χ0n) is 6.57. The quantitative estimate of drug-likeness (QED) is 0.495. The number of aliphatic imine (C=N–C) groups is 1. The molecule has 0 unspecified atom stereocenters. The molecule has 0 aliphatic carbocycles. The second kappa shape index (κ2) is 4.79. The zero-order valence-corrected chi connectivity index (χ0v) is 8.14. The first kappa shape index (κ1) is 11.9. The Morgan fingerprint density at radius 1 is 1.38 bits per heavy atom. The van der Waals surface area contributed by atoms with Crippen LogP contribution in [0.25, 0.3) is 0 Å². The fourth-order valence-corrected chi connectivity index (χ4v) is 0.889. The maximum absolute atomic E-state index is 9.03. The average Bonchev–Trinajstić information content (AvgIpc) is 1.96. The lowest BCUT2D eigenvalue weighted by molar-refractivity contribution is 0.475. The summed E-state index contributed by atoms with van der Waals surface area (Å²) >= 11 is 5.60. The topological polar surface area (TPSA) is 84.6 Å². The van der Waals surface area contributed by atoms with Crippen molar-refractivity contribution in [2.24, 2.45) is 16.5 Å². The van der Waals surface area contributed by atoms with Gasteiger partial charge in [-0.15, -0.1) is 12.4 Å².